The van der Waals surface area contributed by atoms with E-state index in [1.54, 1.807) is 0 Å². The van der Waals surface area contributed by atoms with Gasteiger partial charge in [-0.05, 0) is 22.8 Å². The van der Waals surface area contributed by atoms with E-state index in [-0.39, 0.29) is 11.9 Å². The Morgan fingerprint density at radius 1 is 1.12 bits per heavy atom. The smallest absolute Gasteiger partial charge is 0.161 e. The molecule has 2 aromatic rings. The van der Waals surface area contributed by atoms with E-state index < -0.39 is 0 Å². The zero-order chi connectivity index (χ0) is 11.7. The minimum Gasteiger partial charge on any atom is -0.366 e. The molecule has 0 saturated heterocycles. The maximum atomic E-state index is 11.2. The Morgan fingerprint density at radius 2 is 1.94 bits per heavy atom. The van der Waals surface area contributed by atoms with Crippen LogP contribution in [0, 0.1) is 0 Å². The third-order valence-corrected chi connectivity index (χ3v) is 3.33. The highest BCUT2D eigenvalue weighted by molar-refractivity contribution is 5.88. The summed E-state index contributed by atoms with van der Waals surface area (Å²) < 4.78 is 5.63. The summed E-state index contributed by atoms with van der Waals surface area (Å²) in [5, 5.41) is 2.43. The quantitative estimate of drug-likeness (QED) is 0.804. The molecule has 3 rings (SSSR count). The number of benzene rings is 2. The monoisotopic (exact) mass is 226 g/mol. The summed E-state index contributed by atoms with van der Waals surface area (Å²) in [5.74, 6) is 0.241. The topological polar surface area (TPSA) is 26.3 Å². The molecular weight excluding hydrogens is 212 g/mol. The molecular formula is C15H14O2. The van der Waals surface area contributed by atoms with E-state index in [1.807, 2.05) is 18.2 Å². The summed E-state index contributed by atoms with van der Waals surface area (Å²) in [6, 6.07) is 14.4. The van der Waals surface area contributed by atoms with Crippen molar-refractivity contribution in [3.63, 3.8) is 0 Å². The first-order valence-electron chi connectivity index (χ1n) is 5.95. The third-order valence-electron chi connectivity index (χ3n) is 3.33. The number of hydrogen-bond donors (Lipinski definition) is 0. The van der Waals surface area contributed by atoms with Gasteiger partial charge in [0.15, 0.2) is 5.78 Å². The van der Waals surface area contributed by atoms with E-state index >= 15 is 0 Å². The molecule has 0 aliphatic heterocycles. The van der Waals surface area contributed by atoms with Gasteiger partial charge in [-0.2, -0.15) is 0 Å². The second kappa shape index (κ2) is 4.30. The summed E-state index contributed by atoms with van der Waals surface area (Å²) in [6.07, 6.45) is 1.40. The van der Waals surface area contributed by atoms with Crippen molar-refractivity contribution in [2.24, 2.45) is 0 Å². The van der Waals surface area contributed by atoms with E-state index in [2.05, 4.69) is 24.3 Å². The van der Waals surface area contributed by atoms with Gasteiger partial charge in [0.1, 0.15) is 6.10 Å². The maximum Gasteiger partial charge on any atom is 0.161 e. The zero-order valence-electron chi connectivity index (χ0n) is 9.56. The lowest BCUT2D eigenvalue weighted by atomic mass is 9.94. The summed E-state index contributed by atoms with van der Waals surface area (Å²) in [5.41, 5.74) is 1.16. The molecule has 2 nitrogen and oxygen atoms in total. The zero-order valence-corrected chi connectivity index (χ0v) is 9.56. The Kier molecular flexibility index (Phi) is 2.65. The molecule has 17 heavy (non-hydrogen) atoms. The van der Waals surface area contributed by atoms with Crippen LogP contribution in [0.25, 0.3) is 10.8 Å². The van der Waals surface area contributed by atoms with Crippen LogP contribution in [0.2, 0.25) is 0 Å². The molecule has 0 radical (unpaired) electrons. The van der Waals surface area contributed by atoms with Gasteiger partial charge in [-0.1, -0.05) is 42.5 Å². The van der Waals surface area contributed by atoms with Crippen LogP contribution in [0.4, 0.5) is 0 Å². The number of carbonyl (C=O) groups excluding carboxylic acids is 1. The molecule has 1 atom stereocenters. The second-order valence-electron chi connectivity index (χ2n) is 4.44. The van der Waals surface area contributed by atoms with Crippen LogP contribution in [0.1, 0.15) is 18.4 Å². The van der Waals surface area contributed by atoms with E-state index in [0.29, 0.717) is 13.0 Å². The van der Waals surface area contributed by atoms with E-state index in [9.17, 15) is 4.79 Å². The van der Waals surface area contributed by atoms with Crippen LogP contribution in [0.15, 0.2) is 42.5 Å². The molecule has 0 bridgehead atoms. The lowest BCUT2D eigenvalue weighted by molar-refractivity contribution is -0.141. The second-order valence-corrected chi connectivity index (χ2v) is 4.44. The van der Waals surface area contributed by atoms with E-state index in [1.165, 1.54) is 10.8 Å². The Labute approximate surface area is 100 Å². The fraction of sp³-hybridized carbons (Fsp3) is 0.267. The predicted octanol–water partition coefficient (Wildman–Crippen LogP) is 3.09. The van der Waals surface area contributed by atoms with Crippen LogP contribution >= 0.6 is 0 Å². The molecule has 0 spiro atoms. The number of rotatable bonds is 3. The number of fused-ring (bicyclic) bond motifs is 1. The van der Waals surface area contributed by atoms with E-state index in [0.717, 1.165) is 12.0 Å². The number of hydrogen-bond acceptors (Lipinski definition) is 2. The number of ketones is 1. The molecule has 1 fully saturated rings. The first-order chi connectivity index (χ1) is 8.34. The largest absolute Gasteiger partial charge is 0.366 e. The molecule has 0 heterocycles. The highest BCUT2D eigenvalue weighted by Gasteiger charge is 2.28. The fourth-order valence-electron chi connectivity index (χ4n) is 2.17. The van der Waals surface area contributed by atoms with Gasteiger partial charge >= 0.3 is 0 Å². The van der Waals surface area contributed by atoms with Crippen molar-refractivity contribution < 1.29 is 9.53 Å². The molecule has 2 aromatic carbocycles. The Hall–Kier alpha value is -1.67. The highest BCUT2D eigenvalue weighted by atomic mass is 16.5. The molecule has 0 amide bonds. The number of ether oxygens (including phenoxy) is 1. The van der Waals surface area contributed by atoms with Crippen molar-refractivity contribution in [3.8, 4) is 0 Å². The van der Waals surface area contributed by atoms with Crippen LogP contribution < -0.4 is 0 Å². The first-order valence-corrected chi connectivity index (χ1v) is 5.95. The maximum absolute atomic E-state index is 11.2. The van der Waals surface area contributed by atoms with E-state index in [4.69, 9.17) is 4.74 Å². The molecule has 0 aromatic heterocycles. The van der Waals surface area contributed by atoms with Gasteiger partial charge in [-0.15, -0.1) is 0 Å². The minimum absolute atomic E-state index is 0.158. The molecule has 1 saturated carbocycles. The molecule has 1 unspecified atom stereocenters. The number of carbonyl (C=O) groups is 1. The van der Waals surface area contributed by atoms with Crippen LogP contribution in [0.3, 0.4) is 0 Å². The van der Waals surface area contributed by atoms with Crippen molar-refractivity contribution in [2.75, 3.05) is 0 Å². The Morgan fingerprint density at radius 3 is 2.71 bits per heavy atom. The molecule has 0 N–H and O–H groups in total. The average molecular weight is 226 g/mol. The van der Waals surface area contributed by atoms with Crippen molar-refractivity contribution in [1.29, 1.82) is 0 Å². The van der Waals surface area contributed by atoms with Crippen LogP contribution in [-0.4, -0.2) is 11.9 Å². The number of Topliss-reactive ketones (excluding diaryl/α,β-unsaturated/α-hetero) is 1. The molecule has 1 aliphatic carbocycles. The van der Waals surface area contributed by atoms with Crippen molar-refractivity contribution in [2.45, 2.75) is 25.6 Å². The summed E-state index contributed by atoms with van der Waals surface area (Å²) in [4.78, 5) is 11.2. The van der Waals surface area contributed by atoms with Gasteiger partial charge in [0.2, 0.25) is 0 Å². The van der Waals surface area contributed by atoms with Gasteiger partial charge in [-0.25, -0.2) is 0 Å². The van der Waals surface area contributed by atoms with Crippen molar-refractivity contribution >= 4 is 16.6 Å². The summed E-state index contributed by atoms with van der Waals surface area (Å²) in [7, 11) is 0. The van der Waals surface area contributed by atoms with Gasteiger partial charge in [0.25, 0.3) is 0 Å². The lowest BCUT2D eigenvalue weighted by Gasteiger charge is -2.24. The van der Waals surface area contributed by atoms with Crippen LogP contribution in [0.5, 0.6) is 0 Å². The summed E-state index contributed by atoms with van der Waals surface area (Å²) >= 11 is 0. The normalized spacial score (nSPS) is 19.3. The standard InChI is InChI=1S/C15H14O2/c16-14-8-9-15(14)17-10-12-6-3-5-11-4-1-2-7-13(11)12/h1-7,15H,8-10H2. The molecule has 86 valence electrons. The predicted molar refractivity (Wildman–Crippen MR) is 66.8 cm³/mol. The van der Waals surface area contributed by atoms with Gasteiger partial charge in [0, 0.05) is 6.42 Å². The SMILES string of the molecule is O=C1CCC1OCc1cccc2ccccc12. The first kappa shape index (κ1) is 10.5. The van der Waals surface area contributed by atoms with Crippen LogP contribution in [-0.2, 0) is 16.1 Å². The van der Waals surface area contributed by atoms with Crippen molar-refractivity contribution in [3.05, 3.63) is 48.0 Å². The average Bonchev–Trinajstić information content (AvgIpc) is 2.37. The molecule has 1 aliphatic rings. The minimum atomic E-state index is -0.158. The fourth-order valence-corrected chi connectivity index (χ4v) is 2.17. The van der Waals surface area contributed by atoms with Gasteiger partial charge < -0.3 is 4.74 Å². The lowest BCUT2D eigenvalue weighted by Crippen LogP contribution is -2.33. The third kappa shape index (κ3) is 1.96. The molecule has 2 heteroatoms. The van der Waals surface area contributed by atoms with Gasteiger partial charge in [-0.3, -0.25) is 4.79 Å². The Balaban J connectivity index is 1.82. The summed E-state index contributed by atoms with van der Waals surface area (Å²) in [6.45, 7) is 0.526. The highest BCUT2D eigenvalue weighted by Crippen LogP contribution is 2.23. The Bertz CT molecular complexity index is 554. The van der Waals surface area contributed by atoms with Crippen molar-refractivity contribution in [1.82, 2.24) is 0 Å². The van der Waals surface area contributed by atoms with Gasteiger partial charge in [0.05, 0.1) is 6.61 Å².